The summed E-state index contributed by atoms with van der Waals surface area (Å²) in [5.74, 6) is -0.631. The van der Waals surface area contributed by atoms with Crippen LogP contribution in [-0.2, 0) is 4.79 Å². The Bertz CT molecular complexity index is 290. The Balaban J connectivity index is 2.69. The molecule has 1 amide bonds. The van der Waals surface area contributed by atoms with Crippen molar-refractivity contribution in [1.29, 1.82) is 0 Å². The zero-order valence-corrected chi connectivity index (χ0v) is 7.77. The normalized spacial score (nSPS) is 9.50. The van der Waals surface area contributed by atoms with Crippen LogP contribution in [0.3, 0.4) is 0 Å². The number of hydrogen-bond donors (Lipinski definition) is 1. The SMILES string of the molecule is O=C(CF)Nc1cccc(Br)c1. The van der Waals surface area contributed by atoms with E-state index in [0.29, 0.717) is 5.69 Å². The number of carbonyl (C=O) groups excluding carboxylic acids is 1. The number of rotatable bonds is 2. The highest BCUT2D eigenvalue weighted by molar-refractivity contribution is 9.10. The van der Waals surface area contributed by atoms with Gasteiger partial charge in [0.1, 0.15) is 0 Å². The molecule has 0 aliphatic rings. The lowest BCUT2D eigenvalue weighted by molar-refractivity contribution is -0.117. The number of halogens is 2. The third-order valence-corrected chi connectivity index (χ3v) is 1.72. The average molecular weight is 232 g/mol. The minimum absolute atomic E-state index is 0.590. The first-order valence-electron chi connectivity index (χ1n) is 3.34. The fourth-order valence-electron chi connectivity index (χ4n) is 0.761. The van der Waals surface area contributed by atoms with Crippen LogP contribution < -0.4 is 5.32 Å². The molecule has 0 atom stereocenters. The van der Waals surface area contributed by atoms with Crippen LogP contribution >= 0.6 is 15.9 Å². The summed E-state index contributed by atoms with van der Waals surface area (Å²) in [5, 5.41) is 2.39. The van der Waals surface area contributed by atoms with Crippen LogP contribution in [-0.4, -0.2) is 12.6 Å². The van der Waals surface area contributed by atoms with Gasteiger partial charge >= 0.3 is 0 Å². The fourth-order valence-corrected chi connectivity index (χ4v) is 1.16. The van der Waals surface area contributed by atoms with E-state index in [9.17, 15) is 9.18 Å². The zero-order valence-electron chi connectivity index (χ0n) is 6.18. The van der Waals surface area contributed by atoms with E-state index in [0.717, 1.165) is 4.47 Å². The van der Waals surface area contributed by atoms with Crippen molar-refractivity contribution in [2.75, 3.05) is 12.0 Å². The molecule has 0 radical (unpaired) electrons. The van der Waals surface area contributed by atoms with Crippen molar-refractivity contribution in [2.24, 2.45) is 0 Å². The van der Waals surface area contributed by atoms with Crippen LogP contribution in [0.1, 0.15) is 0 Å². The summed E-state index contributed by atoms with van der Waals surface area (Å²) < 4.78 is 12.6. The van der Waals surface area contributed by atoms with Crippen LogP contribution in [0.25, 0.3) is 0 Å². The van der Waals surface area contributed by atoms with Gasteiger partial charge in [0.15, 0.2) is 6.67 Å². The molecule has 2 nitrogen and oxygen atoms in total. The van der Waals surface area contributed by atoms with Crippen LogP contribution in [0.15, 0.2) is 28.7 Å². The van der Waals surface area contributed by atoms with Gasteiger partial charge in [-0.25, -0.2) is 4.39 Å². The van der Waals surface area contributed by atoms with Crippen molar-refractivity contribution in [3.05, 3.63) is 28.7 Å². The molecule has 12 heavy (non-hydrogen) atoms. The van der Waals surface area contributed by atoms with E-state index in [1.807, 2.05) is 6.07 Å². The van der Waals surface area contributed by atoms with Crippen molar-refractivity contribution in [3.63, 3.8) is 0 Å². The lowest BCUT2D eigenvalue weighted by Gasteiger charge is -2.01. The van der Waals surface area contributed by atoms with E-state index < -0.39 is 12.6 Å². The first-order valence-corrected chi connectivity index (χ1v) is 4.13. The molecule has 1 aromatic carbocycles. The molecular weight excluding hydrogens is 225 g/mol. The molecule has 64 valence electrons. The summed E-state index contributed by atoms with van der Waals surface area (Å²) in [6, 6.07) is 6.98. The Kier molecular flexibility index (Phi) is 3.22. The number of nitrogens with one attached hydrogen (secondary N) is 1. The van der Waals surface area contributed by atoms with E-state index in [2.05, 4.69) is 21.2 Å². The zero-order chi connectivity index (χ0) is 8.97. The maximum atomic E-state index is 11.7. The van der Waals surface area contributed by atoms with Gasteiger partial charge in [0.25, 0.3) is 5.91 Å². The number of benzene rings is 1. The van der Waals surface area contributed by atoms with Gasteiger partial charge in [-0.1, -0.05) is 22.0 Å². The van der Waals surface area contributed by atoms with E-state index >= 15 is 0 Å². The van der Waals surface area contributed by atoms with E-state index in [-0.39, 0.29) is 0 Å². The second kappa shape index (κ2) is 4.21. The molecule has 0 aliphatic carbocycles. The van der Waals surface area contributed by atoms with Crippen molar-refractivity contribution in [1.82, 2.24) is 0 Å². The Labute approximate surface area is 77.9 Å². The van der Waals surface area contributed by atoms with Crippen molar-refractivity contribution in [3.8, 4) is 0 Å². The minimum Gasteiger partial charge on any atom is -0.324 e. The van der Waals surface area contributed by atoms with E-state index in [4.69, 9.17) is 0 Å². The van der Waals surface area contributed by atoms with Gasteiger partial charge in [-0.05, 0) is 18.2 Å². The summed E-state index contributed by atoms with van der Waals surface area (Å²) in [6.45, 7) is -0.994. The smallest absolute Gasteiger partial charge is 0.255 e. The predicted octanol–water partition coefficient (Wildman–Crippen LogP) is 2.36. The minimum atomic E-state index is -0.994. The lowest BCUT2D eigenvalue weighted by atomic mass is 10.3. The topological polar surface area (TPSA) is 29.1 Å². The van der Waals surface area contributed by atoms with Crippen molar-refractivity contribution >= 4 is 27.5 Å². The molecule has 4 heteroatoms. The Morgan fingerprint density at radius 3 is 2.92 bits per heavy atom. The molecule has 1 rings (SSSR count). The van der Waals surface area contributed by atoms with Crippen LogP contribution in [0.2, 0.25) is 0 Å². The second-order valence-electron chi connectivity index (χ2n) is 2.19. The highest BCUT2D eigenvalue weighted by Crippen LogP contribution is 2.15. The number of hydrogen-bond acceptors (Lipinski definition) is 1. The molecule has 0 aliphatic heterocycles. The van der Waals surface area contributed by atoms with Crippen LogP contribution in [0.5, 0.6) is 0 Å². The second-order valence-corrected chi connectivity index (χ2v) is 3.11. The monoisotopic (exact) mass is 231 g/mol. The summed E-state index contributed by atoms with van der Waals surface area (Å²) >= 11 is 3.23. The third-order valence-electron chi connectivity index (χ3n) is 1.23. The molecule has 0 aromatic heterocycles. The fraction of sp³-hybridized carbons (Fsp3) is 0.125. The number of alkyl halides is 1. The van der Waals surface area contributed by atoms with Crippen molar-refractivity contribution < 1.29 is 9.18 Å². The lowest BCUT2D eigenvalue weighted by Crippen LogP contribution is -2.12. The Morgan fingerprint density at radius 1 is 1.58 bits per heavy atom. The van der Waals surface area contributed by atoms with Gasteiger partial charge < -0.3 is 5.32 Å². The first kappa shape index (κ1) is 9.19. The maximum Gasteiger partial charge on any atom is 0.255 e. The van der Waals surface area contributed by atoms with E-state index in [1.54, 1.807) is 18.2 Å². The summed E-state index contributed by atoms with van der Waals surface area (Å²) in [4.78, 5) is 10.6. The number of carbonyl (C=O) groups is 1. The van der Waals surface area contributed by atoms with E-state index in [1.165, 1.54) is 0 Å². The summed E-state index contributed by atoms with van der Waals surface area (Å²) in [6.07, 6.45) is 0. The van der Waals surface area contributed by atoms with Gasteiger partial charge in [-0.3, -0.25) is 4.79 Å². The van der Waals surface area contributed by atoms with Gasteiger partial charge in [-0.2, -0.15) is 0 Å². The number of amides is 1. The van der Waals surface area contributed by atoms with Gasteiger partial charge in [0, 0.05) is 10.2 Å². The quantitative estimate of drug-likeness (QED) is 0.833. The molecule has 0 saturated heterocycles. The molecule has 0 fully saturated rings. The molecule has 0 spiro atoms. The van der Waals surface area contributed by atoms with Crippen LogP contribution in [0.4, 0.5) is 10.1 Å². The van der Waals surface area contributed by atoms with Gasteiger partial charge in [0.05, 0.1) is 0 Å². The Morgan fingerprint density at radius 2 is 2.33 bits per heavy atom. The van der Waals surface area contributed by atoms with Gasteiger partial charge in [-0.15, -0.1) is 0 Å². The molecule has 1 aromatic rings. The predicted molar refractivity (Wildman–Crippen MR) is 48.7 cm³/mol. The summed E-state index contributed by atoms with van der Waals surface area (Å²) in [5.41, 5.74) is 0.590. The molecule has 0 bridgehead atoms. The highest BCUT2D eigenvalue weighted by Gasteiger charge is 1.99. The Hall–Kier alpha value is -0.900. The van der Waals surface area contributed by atoms with Crippen LogP contribution in [0, 0.1) is 0 Å². The standard InChI is InChI=1S/C8H7BrFNO/c9-6-2-1-3-7(4-6)11-8(12)5-10/h1-4H,5H2,(H,11,12). The highest BCUT2D eigenvalue weighted by atomic mass is 79.9. The van der Waals surface area contributed by atoms with Gasteiger partial charge in [0.2, 0.25) is 0 Å². The largest absolute Gasteiger partial charge is 0.324 e. The number of anilines is 1. The maximum absolute atomic E-state index is 11.7. The average Bonchev–Trinajstić information content (AvgIpc) is 2.04. The van der Waals surface area contributed by atoms with Crippen molar-refractivity contribution in [2.45, 2.75) is 0 Å². The molecule has 1 N–H and O–H groups in total. The summed E-state index contributed by atoms with van der Waals surface area (Å²) in [7, 11) is 0. The molecule has 0 heterocycles. The molecular formula is C8H7BrFNO. The molecule has 0 saturated carbocycles. The third kappa shape index (κ3) is 2.62. The molecule has 0 unspecified atom stereocenters. The first-order chi connectivity index (χ1) is 5.72.